The molecular formula is C17H27ClN2O. The molecule has 0 amide bonds. The second-order valence-electron chi connectivity index (χ2n) is 6.10. The molecule has 1 N–H and O–H groups in total. The second-order valence-corrected chi connectivity index (χ2v) is 6.54. The zero-order valence-corrected chi connectivity index (χ0v) is 13.9. The number of aliphatic hydroxyl groups is 1. The van der Waals surface area contributed by atoms with Gasteiger partial charge in [0, 0.05) is 55.5 Å². The molecule has 0 saturated carbocycles. The quantitative estimate of drug-likeness (QED) is 0.873. The first-order chi connectivity index (χ1) is 10.1. The fourth-order valence-corrected chi connectivity index (χ4v) is 3.16. The van der Waals surface area contributed by atoms with E-state index in [1.807, 2.05) is 12.1 Å². The first kappa shape index (κ1) is 16.6. The summed E-state index contributed by atoms with van der Waals surface area (Å²) in [6.45, 7) is 9.86. The average Bonchev–Trinajstić information content (AvgIpc) is 2.54. The molecular weight excluding hydrogens is 284 g/mol. The van der Waals surface area contributed by atoms with E-state index in [4.69, 9.17) is 11.6 Å². The van der Waals surface area contributed by atoms with Crippen LogP contribution in [0.1, 0.15) is 26.7 Å². The van der Waals surface area contributed by atoms with Crippen LogP contribution in [0, 0.1) is 5.41 Å². The van der Waals surface area contributed by atoms with Gasteiger partial charge in [-0.25, -0.2) is 0 Å². The summed E-state index contributed by atoms with van der Waals surface area (Å²) < 4.78 is 0. The molecule has 1 aromatic carbocycles. The highest BCUT2D eigenvalue weighted by Crippen LogP contribution is 2.28. The Morgan fingerprint density at radius 1 is 1.05 bits per heavy atom. The van der Waals surface area contributed by atoms with Crippen LogP contribution in [0.15, 0.2) is 24.3 Å². The fraction of sp³-hybridized carbons (Fsp3) is 0.647. The Labute approximate surface area is 133 Å². The molecule has 1 saturated heterocycles. The van der Waals surface area contributed by atoms with Crippen LogP contribution >= 0.6 is 11.6 Å². The molecule has 1 aliphatic heterocycles. The van der Waals surface area contributed by atoms with Crippen LogP contribution in [0.3, 0.4) is 0 Å². The van der Waals surface area contributed by atoms with Gasteiger partial charge in [-0.2, -0.15) is 0 Å². The molecule has 21 heavy (non-hydrogen) atoms. The number of halogens is 1. The van der Waals surface area contributed by atoms with Gasteiger partial charge in [0.2, 0.25) is 0 Å². The van der Waals surface area contributed by atoms with E-state index in [9.17, 15) is 5.11 Å². The highest BCUT2D eigenvalue weighted by Gasteiger charge is 2.29. The number of aliphatic hydroxyl groups excluding tert-OH is 1. The predicted molar refractivity (Wildman–Crippen MR) is 90.2 cm³/mol. The maximum atomic E-state index is 9.71. The van der Waals surface area contributed by atoms with E-state index < -0.39 is 0 Å². The first-order valence-corrected chi connectivity index (χ1v) is 8.34. The summed E-state index contributed by atoms with van der Waals surface area (Å²) in [5.41, 5.74) is 1.32. The van der Waals surface area contributed by atoms with Crippen LogP contribution in [-0.4, -0.2) is 49.3 Å². The van der Waals surface area contributed by atoms with Gasteiger partial charge in [0.05, 0.1) is 0 Å². The van der Waals surface area contributed by atoms with Gasteiger partial charge in [0.1, 0.15) is 0 Å². The molecule has 0 unspecified atom stereocenters. The molecule has 1 heterocycles. The summed E-state index contributed by atoms with van der Waals surface area (Å²) in [5.74, 6) is 0. The number of hydrogen-bond acceptors (Lipinski definition) is 3. The van der Waals surface area contributed by atoms with Crippen molar-refractivity contribution in [2.75, 3.05) is 44.2 Å². The lowest BCUT2D eigenvalue weighted by molar-refractivity contribution is 0.0634. The molecule has 118 valence electrons. The van der Waals surface area contributed by atoms with E-state index in [1.165, 1.54) is 5.69 Å². The van der Waals surface area contributed by atoms with Crippen molar-refractivity contribution in [1.29, 1.82) is 0 Å². The predicted octanol–water partition coefficient (Wildman–Crippen LogP) is 3.26. The zero-order valence-electron chi connectivity index (χ0n) is 13.2. The topological polar surface area (TPSA) is 26.7 Å². The van der Waals surface area contributed by atoms with Gasteiger partial charge in [-0.3, -0.25) is 4.90 Å². The monoisotopic (exact) mass is 310 g/mol. The molecule has 1 aliphatic rings. The van der Waals surface area contributed by atoms with Crippen molar-refractivity contribution < 1.29 is 5.11 Å². The normalized spacial score (nSPS) is 17.2. The van der Waals surface area contributed by atoms with Crippen molar-refractivity contribution in [1.82, 2.24) is 4.90 Å². The molecule has 0 radical (unpaired) electrons. The zero-order chi connectivity index (χ0) is 15.3. The van der Waals surface area contributed by atoms with Gasteiger partial charge in [-0.05, 0) is 37.1 Å². The lowest BCUT2D eigenvalue weighted by Crippen LogP contribution is -2.50. The number of benzene rings is 1. The molecule has 0 bridgehead atoms. The summed E-state index contributed by atoms with van der Waals surface area (Å²) in [6.07, 6.45) is 2.08. The molecule has 3 nitrogen and oxygen atoms in total. The lowest BCUT2D eigenvalue weighted by Gasteiger charge is -2.41. The summed E-state index contributed by atoms with van der Waals surface area (Å²) in [6, 6.07) is 8.09. The van der Waals surface area contributed by atoms with Crippen molar-refractivity contribution in [3.05, 3.63) is 29.3 Å². The van der Waals surface area contributed by atoms with E-state index in [0.717, 1.165) is 50.6 Å². The number of nitrogens with zero attached hydrogens (tertiary/aromatic N) is 2. The summed E-state index contributed by atoms with van der Waals surface area (Å²) in [4.78, 5) is 4.90. The Balaban J connectivity index is 1.89. The standard InChI is InChI=1S/C17H27ClN2O/c1-3-17(4-2,14-21)13-19-9-11-20(12-10-19)16-7-5-15(18)6-8-16/h5-8,21H,3-4,9-14H2,1-2H3. The minimum Gasteiger partial charge on any atom is -0.396 e. The molecule has 2 rings (SSSR count). The summed E-state index contributed by atoms with van der Waals surface area (Å²) >= 11 is 5.94. The highest BCUT2D eigenvalue weighted by atomic mass is 35.5. The van der Waals surface area contributed by atoms with E-state index in [2.05, 4.69) is 35.8 Å². The first-order valence-electron chi connectivity index (χ1n) is 7.96. The smallest absolute Gasteiger partial charge is 0.0499 e. The fourth-order valence-electron chi connectivity index (χ4n) is 3.04. The van der Waals surface area contributed by atoms with Gasteiger partial charge >= 0.3 is 0 Å². The largest absolute Gasteiger partial charge is 0.396 e. The highest BCUT2D eigenvalue weighted by molar-refractivity contribution is 6.30. The maximum Gasteiger partial charge on any atom is 0.0499 e. The van der Waals surface area contributed by atoms with E-state index in [-0.39, 0.29) is 12.0 Å². The molecule has 1 fully saturated rings. The lowest BCUT2D eigenvalue weighted by atomic mass is 9.82. The van der Waals surface area contributed by atoms with E-state index in [1.54, 1.807) is 0 Å². The van der Waals surface area contributed by atoms with Crippen molar-refractivity contribution in [2.45, 2.75) is 26.7 Å². The van der Waals surface area contributed by atoms with E-state index in [0.29, 0.717) is 0 Å². The Bertz CT molecular complexity index is 415. The Morgan fingerprint density at radius 3 is 2.10 bits per heavy atom. The number of anilines is 1. The maximum absolute atomic E-state index is 9.71. The van der Waals surface area contributed by atoms with Crippen LogP contribution in [-0.2, 0) is 0 Å². The summed E-state index contributed by atoms with van der Waals surface area (Å²) in [5, 5.41) is 10.5. The Morgan fingerprint density at radius 2 is 1.62 bits per heavy atom. The van der Waals surface area contributed by atoms with Gasteiger partial charge in [0.15, 0.2) is 0 Å². The number of rotatable bonds is 6. The molecule has 0 aliphatic carbocycles. The van der Waals surface area contributed by atoms with E-state index >= 15 is 0 Å². The minimum absolute atomic E-state index is 0.0719. The van der Waals surface area contributed by atoms with Crippen LogP contribution in [0.4, 0.5) is 5.69 Å². The summed E-state index contributed by atoms with van der Waals surface area (Å²) in [7, 11) is 0. The third-order valence-corrected chi connectivity index (χ3v) is 5.21. The third kappa shape index (κ3) is 4.12. The van der Waals surface area contributed by atoms with Crippen LogP contribution in [0.25, 0.3) is 0 Å². The molecule has 0 aromatic heterocycles. The third-order valence-electron chi connectivity index (χ3n) is 4.96. The van der Waals surface area contributed by atoms with Crippen LogP contribution < -0.4 is 4.90 Å². The average molecular weight is 311 g/mol. The van der Waals surface area contributed by atoms with Gasteiger partial charge in [-0.15, -0.1) is 0 Å². The van der Waals surface area contributed by atoms with Crippen molar-refractivity contribution in [3.8, 4) is 0 Å². The van der Waals surface area contributed by atoms with Crippen LogP contribution in [0.5, 0.6) is 0 Å². The van der Waals surface area contributed by atoms with Crippen LogP contribution in [0.2, 0.25) is 5.02 Å². The molecule has 4 heteroatoms. The van der Waals surface area contributed by atoms with Crippen molar-refractivity contribution >= 4 is 17.3 Å². The molecule has 1 aromatic rings. The Kier molecular flexibility index (Phi) is 5.91. The number of hydrogen-bond donors (Lipinski definition) is 1. The van der Waals surface area contributed by atoms with Gasteiger partial charge in [-0.1, -0.05) is 25.4 Å². The van der Waals surface area contributed by atoms with Crippen molar-refractivity contribution in [3.63, 3.8) is 0 Å². The minimum atomic E-state index is 0.0719. The Hall–Kier alpha value is -0.770. The van der Waals surface area contributed by atoms with Gasteiger partial charge < -0.3 is 10.0 Å². The van der Waals surface area contributed by atoms with Gasteiger partial charge in [0.25, 0.3) is 0 Å². The molecule has 0 spiro atoms. The second kappa shape index (κ2) is 7.48. The number of piperazine rings is 1. The SMILES string of the molecule is CCC(CC)(CO)CN1CCN(c2ccc(Cl)cc2)CC1. The van der Waals surface area contributed by atoms with Crippen molar-refractivity contribution in [2.24, 2.45) is 5.41 Å². The molecule has 0 atom stereocenters.